The van der Waals surface area contributed by atoms with Crippen molar-refractivity contribution in [2.24, 2.45) is 0 Å². The van der Waals surface area contributed by atoms with Gasteiger partial charge in [-0.3, -0.25) is 4.79 Å². The van der Waals surface area contributed by atoms with Crippen LogP contribution in [0.1, 0.15) is 39.7 Å². The Morgan fingerprint density at radius 3 is 2.86 bits per heavy atom. The van der Waals surface area contributed by atoms with E-state index in [-0.39, 0.29) is 11.7 Å². The molecule has 7 nitrogen and oxygen atoms in total. The number of hydrogen-bond acceptors (Lipinski definition) is 7. The molecule has 0 saturated carbocycles. The molecule has 0 aliphatic heterocycles. The number of nitrogens with zero attached hydrogens (tertiary/aromatic N) is 2. The normalized spacial score (nSPS) is 15.8. The molecule has 0 fully saturated rings. The molecule has 2 heterocycles. The second-order valence-corrected chi connectivity index (χ2v) is 6.62. The summed E-state index contributed by atoms with van der Waals surface area (Å²) in [6.07, 6.45) is 4.27. The number of rotatable bonds is 6. The average molecular weight is 379 g/mol. The van der Waals surface area contributed by atoms with E-state index in [0.717, 1.165) is 22.8 Å². The van der Waals surface area contributed by atoms with Crippen LogP contribution in [0.4, 0.5) is 5.95 Å². The number of fused-ring (bicyclic) bond motifs is 1. The Kier molecular flexibility index (Phi) is 4.97. The molecule has 0 spiro atoms. The summed E-state index contributed by atoms with van der Waals surface area (Å²) in [7, 11) is 3.23. The summed E-state index contributed by atoms with van der Waals surface area (Å²) >= 11 is 0. The van der Waals surface area contributed by atoms with Crippen molar-refractivity contribution in [3.8, 4) is 11.5 Å². The number of nitrogens with one attached hydrogen (secondary N) is 1. The largest absolute Gasteiger partial charge is 0.497 e. The Hall–Kier alpha value is -3.35. The van der Waals surface area contributed by atoms with Crippen LogP contribution in [0.3, 0.4) is 0 Å². The number of furan rings is 1. The van der Waals surface area contributed by atoms with Gasteiger partial charge in [0.05, 0.1) is 38.3 Å². The Labute approximate surface area is 162 Å². The number of hydrogen-bond donors (Lipinski definition) is 1. The van der Waals surface area contributed by atoms with Crippen LogP contribution in [0.15, 0.2) is 47.2 Å². The molecular weight excluding hydrogens is 358 g/mol. The molecule has 1 N–H and O–H groups in total. The summed E-state index contributed by atoms with van der Waals surface area (Å²) < 4.78 is 16.1. The molecule has 0 amide bonds. The van der Waals surface area contributed by atoms with Crippen molar-refractivity contribution in [1.29, 1.82) is 0 Å². The second kappa shape index (κ2) is 7.72. The van der Waals surface area contributed by atoms with Crippen molar-refractivity contribution < 1.29 is 18.7 Å². The quantitative estimate of drug-likeness (QED) is 0.700. The third-order valence-electron chi connectivity index (χ3n) is 4.92. The Bertz CT molecular complexity index is 985. The minimum absolute atomic E-state index is 0.00585. The van der Waals surface area contributed by atoms with Gasteiger partial charge in [-0.1, -0.05) is 6.07 Å². The monoisotopic (exact) mass is 379 g/mol. The van der Waals surface area contributed by atoms with E-state index in [1.807, 2.05) is 30.3 Å². The van der Waals surface area contributed by atoms with Gasteiger partial charge in [0.1, 0.15) is 17.3 Å². The summed E-state index contributed by atoms with van der Waals surface area (Å²) in [6.45, 7) is 0.482. The first kappa shape index (κ1) is 18.0. The zero-order valence-electron chi connectivity index (χ0n) is 15.8. The van der Waals surface area contributed by atoms with Gasteiger partial charge in [-0.05, 0) is 30.2 Å². The molecule has 0 saturated heterocycles. The highest BCUT2D eigenvalue weighted by molar-refractivity contribution is 5.98. The zero-order valence-corrected chi connectivity index (χ0v) is 15.8. The van der Waals surface area contributed by atoms with E-state index >= 15 is 0 Å². The van der Waals surface area contributed by atoms with Gasteiger partial charge in [0.2, 0.25) is 5.95 Å². The van der Waals surface area contributed by atoms with Gasteiger partial charge in [-0.25, -0.2) is 9.97 Å². The smallest absolute Gasteiger partial charge is 0.223 e. The predicted molar refractivity (Wildman–Crippen MR) is 103 cm³/mol. The minimum atomic E-state index is -0.00585. The number of ether oxygens (including phenoxy) is 2. The lowest BCUT2D eigenvalue weighted by Gasteiger charge is -2.25. The highest BCUT2D eigenvalue weighted by Crippen LogP contribution is 2.38. The third kappa shape index (κ3) is 3.55. The van der Waals surface area contributed by atoms with Gasteiger partial charge in [0.15, 0.2) is 5.78 Å². The molecule has 2 aromatic heterocycles. The van der Waals surface area contributed by atoms with Crippen LogP contribution in [0.25, 0.3) is 0 Å². The fraction of sp³-hybridized carbons (Fsp3) is 0.286. The molecule has 1 aromatic carbocycles. The Morgan fingerprint density at radius 1 is 1.21 bits per heavy atom. The number of carbonyl (C=O) groups excluding carboxylic acids is 1. The first-order valence-electron chi connectivity index (χ1n) is 9.05. The van der Waals surface area contributed by atoms with Crippen molar-refractivity contribution in [3.05, 3.63) is 65.4 Å². The SMILES string of the molecule is COc1ccc(C2CC(=O)c3cnc(NCc4ccco4)nc3C2)c(OC)c1. The summed E-state index contributed by atoms with van der Waals surface area (Å²) in [5, 5.41) is 3.14. The lowest BCUT2D eigenvalue weighted by molar-refractivity contribution is 0.0962. The molecule has 144 valence electrons. The summed E-state index contributed by atoms with van der Waals surface area (Å²) in [5.74, 6) is 2.74. The van der Waals surface area contributed by atoms with E-state index < -0.39 is 0 Å². The highest BCUT2D eigenvalue weighted by Gasteiger charge is 2.30. The van der Waals surface area contributed by atoms with Crippen LogP contribution in [-0.4, -0.2) is 30.0 Å². The number of Topliss-reactive ketones (excluding diaryl/α,β-unsaturated/α-hetero) is 1. The van der Waals surface area contributed by atoms with Gasteiger partial charge in [0, 0.05) is 24.6 Å². The van der Waals surface area contributed by atoms with Crippen molar-refractivity contribution in [3.63, 3.8) is 0 Å². The second-order valence-electron chi connectivity index (χ2n) is 6.62. The van der Waals surface area contributed by atoms with Crippen LogP contribution in [0.2, 0.25) is 0 Å². The topological polar surface area (TPSA) is 86.5 Å². The number of methoxy groups -OCH3 is 2. The lowest BCUT2D eigenvalue weighted by Crippen LogP contribution is -2.21. The maximum atomic E-state index is 12.7. The van der Waals surface area contributed by atoms with E-state index in [2.05, 4.69) is 15.3 Å². The summed E-state index contributed by atoms with van der Waals surface area (Å²) in [6, 6.07) is 9.38. The predicted octanol–water partition coefficient (Wildman–Crippen LogP) is 3.61. The average Bonchev–Trinajstić information content (AvgIpc) is 3.25. The molecular formula is C21H21N3O4. The molecule has 28 heavy (non-hydrogen) atoms. The van der Waals surface area contributed by atoms with Crippen LogP contribution in [0, 0.1) is 0 Å². The standard InChI is InChI=1S/C21H21N3O4/c1-26-14-5-6-16(20(10-14)27-2)13-8-18-17(19(25)9-13)12-23-21(24-18)22-11-15-4-3-7-28-15/h3-7,10,12-13H,8-9,11H2,1-2H3,(H,22,23,24). The van der Waals surface area contributed by atoms with Gasteiger partial charge in [-0.2, -0.15) is 0 Å². The summed E-state index contributed by atoms with van der Waals surface area (Å²) in [5.41, 5.74) is 2.31. The number of ketones is 1. The summed E-state index contributed by atoms with van der Waals surface area (Å²) in [4.78, 5) is 21.5. The lowest BCUT2D eigenvalue weighted by atomic mass is 9.82. The maximum absolute atomic E-state index is 12.7. The molecule has 1 unspecified atom stereocenters. The molecule has 0 bridgehead atoms. The Balaban J connectivity index is 1.58. The van der Waals surface area contributed by atoms with E-state index in [1.165, 1.54) is 0 Å². The van der Waals surface area contributed by atoms with Crippen LogP contribution >= 0.6 is 0 Å². The van der Waals surface area contributed by atoms with Crippen LogP contribution < -0.4 is 14.8 Å². The Morgan fingerprint density at radius 2 is 2.11 bits per heavy atom. The van der Waals surface area contributed by atoms with Gasteiger partial charge in [0.25, 0.3) is 0 Å². The molecule has 1 aliphatic rings. The molecule has 3 aromatic rings. The van der Waals surface area contributed by atoms with Gasteiger partial charge < -0.3 is 19.2 Å². The van der Waals surface area contributed by atoms with Crippen molar-refractivity contribution in [1.82, 2.24) is 9.97 Å². The number of aromatic nitrogens is 2. The van der Waals surface area contributed by atoms with E-state index in [4.69, 9.17) is 13.9 Å². The van der Waals surface area contributed by atoms with Crippen molar-refractivity contribution >= 4 is 11.7 Å². The minimum Gasteiger partial charge on any atom is -0.497 e. The first-order chi connectivity index (χ1) is 13.7. The highest BCUT2D eigenvalue weighted by atomic mass is 16.5. The molecule has 4 rings (SSSR count). The third-order valence-corrected chi connectivity index (χ3v) is 4.92. The number of benzene rings is 1. The van der Waals surface area contributed by atoms with Crippen molar-refractivity contribution in [2.75, 3.05) is 19.5 Å². The first-order valence-corrected chi connectivity index (χ1v) is 9.05. The number of carbonyl (C=O) groups is 1. The molecule has 0 radical (unpaired) electrons. The fourth-order valence-electron chi connectivity index (χ4n) is 3.49. The molecule has 1 atom stereocenters. The van der Waals surface area contributed by atoms with Gasteiger partial charge in [-0.15, -0.1) is 0 Å². The molecule has 7 heteroatoms. The maximum Gasteiger partial charge on any atom is 0.223 e. The van der Waals surface area contributed by atoms with E-state index in [0.29, 0.717) is 36.6 Å². The van der Waals surface area contributed by atoms with E-state index in [1.54, 1.807) is 26.7 Å². The van der Waals surface area contributed by atoms with Crippen LogP contribution in [0.5, 0.6) is 11.5 Å². The van der Waals surface area contributed by atoms with Crippen LogP contribution in [-0.2, 0) is 13.0 Å². The van der Waals surface area contributed by atoms with E-state index in [9.17, 15) is 4.79 Å². The zero-order chi connectivity index (χ0) is 19.5. The number of anilines is 1. The van der Waals surface area contributed by atoms with Crippen molar-refractivity contribution in [2.45, 2.75) is 25.3 Å². The molecule has 1 aliphatic carbocycles. The van der Waals surface area contributed by atoms with Gasteiger partial charge >= 0.3 is 0 Å². The fourth-order valence-corrected chi connectivity index (χ4v) is 3.49.